The molecule has 0 aromatic heterocycles. The molecular weight excluding hydrogens is 274 g/mol. The van der Waals surface area contributed by atoms with Crippen LogP contribution in [0.25, 0.3) is 0 Å². The summed E-state index contributed by atoms with van der Waals surface area (Å²) < 4.78 is 0. The van der Waals surface area contributed by atoms with Crippen LogP contribution >= 0.6 is 11.6 Å². The van der Waals surface area contributed by atoms with Crippen LogP contribution in [0.1, 0.15) is 19.4 Å². The molecule has 1 rings (SSSR count). The van der Waals surface area contributed by atoms with E-state index in [1.165, 1.54) is 0 Å². The molecule has 5 heteroatoms. The number of likely N-dealkylation sites (N-methyl/N-ethyl adjacent to an activating group) is 2. The highest BCUT2D eigenvalue weighted by Gasteiger charge is 2.14. The van der Waals surface area contributed by atoms with Gasteiger partial charge in [0.05, 0.1) is 17.3 Å². The van der Waals surface area contributed by atoms with Gasteiger partial charge in [-0.1, -0.05) is 24.6 Å². The molecule has 1 amide bonds. The molecule has 1 aromatic carbocycles. The smallest absolute Gasteiger partial charge is 0.241 e. The Morgan fingerprint density at radius 3 is 2.50 bits per heavy atom. The number of nitrogens with zero attached hydrogens (tertiary/aromatic N) is 2. The Bertz CT molecular complexity index is 449. The molecule has 0 saturated heterocycles. The third-order valence-electron chi connectivity index (χ3n) is 3.14. The van der Waals surface area contributed by atoms with Crippen LogP contribution in [0.2, 0.25) is 5.02 Å². The van der Waals surface area contributed by atoms with E-state index in [1.807, 2.05) is 30.0 Å². The second-order valence-electron chi connectivity index (χ2n) is 4.87. The molecule has 0 unspecified atom stereocenters. The van der Waals surface area contributed by atoms with Gasteiger partial charge in [-0.3, -0.25) is 4.79 Å². The largest absolute Gasteiger partial charge is 0.361 e. The first-order valence-corrected chi connectivity index (χ1v) is 7.31. The minimum atomic E-state index is 0.0691. The fourth-order valence-corrected chi connectivity index (χ4v) is 2.18. The van der Waals surface area contributed by atoms with Gasteiger partial charge < -0.3 is 15.1 Å². The van der Waals surface area contributed by atoms with E-state index in [1.54, 1.807) is 19.0 Å². The van der Waals surface area contributed by atoms with Crippen LogP contribution in [0, 0.1) is 0 Å². The lowest BCUT2D eigenvalue weighted by atomic mass is 10.2. The fraction of sp³-hybridized carbons (Fsp3) is 0.533. The summed E-state index contributed by atoms with van der Waals surface area (Å²) in [5.74, 6) is 0.0691. The second-order valence-corrected chi connectivity index (χ2v) is 5.28. The lowest BCUT2D eigenvalue weighted by molar-refractivity contribution is -0.127. The Morgan fingerprint density at radius 2 is 2.00 bits per heavy atom. The molecule has 0 heterocycles. The van der Waals surface area contributed by atoms with Crippen molar-refractivity contribution >= 4 is 23.2 Å². The predicted octanol–water partition coefficient (Wildman–Crippen LogP) is 2.36. The van der Waals surface area contributed by atoms with Gasteiger partial charge in [0.2, 0.25) is 5.91 Å². The first kappa shape index (κ1) is 16.8. The Labute approximate surface area is 126 Å². The summed E-state index contributed by atoms with van der Waals surface area (Å²) in [6.07, 6.45) is 0. The SMILES string of the molecule is CCNCc1ccc(N(CC)CC(=O)N(C)C)c(Cl)c1. The van der Waals surface area contributed by atoms with Crippen molar-refractivity contribution in [3.05, 3.63) is 28.8 Å². The van der Waals surface area contributed by atoms with E-state index in [0.717, 1.165) is 30.9 Å². The number of carbonyl (C=O) groups is 1. The molecular formula is C15H24ClN3O. The Hall–Kier alpha value is -1.26. The van der Waals surface area contributed by atoms with Gasteiger partial charge in [-0.05, 0) is 31.2 Å². The van der Waals surface area contributed by atoms with Gasteiger partial charge in [0.25, 0.3) is 0 Å². The van der Waals surface area contributed by atoms with E-state index in [0.29, 0.717) is 11.6 Å². The predicted molar refractivity (Wildman–Crippen MR) is 85.4 cm³/mol. The van der Waals surface area contributed by atoms with Gasteiger partial charge in [-0.15, -0.1) is 0 Å². The zero-order valence-corrected chi connectivity index (χ0v) is 13.5. The van der Waals surface area contributed by atoms with Crippen LogP contribution in [-0.4, -0.2) is 44.5 Å². The zero-order chi connectivity index (χ0) is 15.1. The van der Waals surface area contributed by atoms with E-state index >= 15 is 0 Å². The first-order valence-electron chi connectivity index (χ1n) is 6.93. The number of halogens is 1. The molecule has 1 N–H and O–H groups in total. The van der Waals surface area contributed by atoms with Crippen LogP contribution in [0.3, 0.4) is 0 Å². The van der Waals surface area contributed by atoms with Crippen LogP contribution in [-0.2, 0) is 11.3 Å². The maximum Gasteiger partial charge on any atom is 0.241 e. The third-order valence-corrected chi connectivity index (χ3v) is 3.44. The van der Waals surface area contributed by atoms with E-state index in [9.17, 15) is 4.79 Å². The van der Waals surface area contributed by atoms with Crippen LogP contribution in [0.15, 0.2) is 18.2 Å². The highest BCUT2D eigenvalue weighted by Crippen LogP contribution is 2.26. The molecule has 0 aliphatic carbocycles. The summed E-state index contributed by atoms with van der Waals surface area (Å²) in [6.45, 7) is 6.91. The van der Waals surface area contributed by atoms with Gasteiger partial charge in [-0.25, -0.2) is 0 Å². The average Bonchev–Trinajstić information content (AvgIpc) is 2.42. The van der Waals surface area contributed by atoms with E-state index in [-0.39, 0.29) is 5.91 Å². The monoisotopic (exact) mass is 297 g/mol. The number of hydrogen-bond donors (Lipinski definition) is 1. The van der Waals surface area contributed by atoms with E-state index < -0.39 is 0 Å². The normalized spacial score (nSPS) is 10.4. The molecule has 0 atom stereocenters. The highest BCUT2D eigenvalue weighted by molar-refractivity contribution is 6.33. The van der Waals surface area contributed by atoms with Crippen molar-refractivity contribution in [2.45, 2.75) is 20.4 Å². The number of benzene rings is 1. The molecule has 0 saturated carbocycles. The summed E-state index contributed by atoms with van der Waals surface area (Å²) in [5, 5.41) is 3.96. The van der Waals surface area contributed by atoms with Gasteiger partial charge >= 0.3 is 0 Å². The van der Waals surface area contributed by atoms with Crippen LogP contribution in [0.4, 0.5) is 5.69 Å². The van der Waals surface area contributed by atoms with Crippen LogP contribution in [0.5, 0.6) is 0 Å². The fourth-order valence-electron chi connectivity index (χ4n) is 1.86. The molecule has 1 aromatic rings. The number of rotatable bonds is 7. The molecule has 0 aliphatic rings. The molecule has 4 nitrogen and oxygen atoms in total. The first-order chi connectivity index (χ1) is 9.49. The molecule has 0 fully saturated rings. The van der Waals surface area contributed by atoms with Gasteiger partial charge in [0.15, 0.2) is 0 Å². The molecule has 0 spiro atoms. The topological polar surface area (TPSA) is 35.6 Å². The summed E-state index contributed by atoms with van der Waals surface area (Å²) in [7, 11) is 3.52. The van der Waals surface area contributed by atoms with Gasteiger partial charge in [0, 0.05) is 27.2 Å². The van der Waals surface area contributed by atoms with Crippen molar-refractivity contribution in [1.29, 1.82) is 0 Å². The number of nitrogens with one attached hydrogen (secondary N) is 1. The minimum Gasteiger partial charge on any atom is -0.361 e. The van der Waals surface area contributed by atoms with Crippen LogP contribution < -0.4 is 10.2 Å². The maximum atomic E-state index is 11.8. The highest BCUT2D eigenvalue weighted by atomic mass is 35.5. The maximum absolute atomic E-state index is 11.8. The standard InChI is InChI=1S/C15H24ClN3O/c1-5-17-10-12-7-8-14(13(16)9-12)19(6-2)11-15(20)18(3)4/h7-9,17H,5-6,10-11H2,1-4H3. The van der Waals surface area contributed by atoms with Gasteiger partial charge in [-0.2, -0.15) is 0 Å². The lowest BCUT2D eigenvalue weighted by Crippen LogP contribution is -2.36. The summed E-state index contributed by atoms with van der Waals surface area (Å²) in [5.41, 5.74) is 2.06. The quantitative estimate of drug-likeness (QED) is 0.839. The number of anilines is 1. The number of amides is 1. The van der Waals surface area contributed by atoms with Crippen molar-refractivity contribution < 1.29 is 4.79 Å². The lowest BCUT2D eigenvalue weighted by Gasteiger charge is -2.25. The molecule has 0 radical (unpaired) electrons. The van der Waals surface area contributed by atoms with Crippen molar-refractivity contribution in [1.82, 2.24) is 10.2 Å². The summed E-state index contributed by atoms with van der Waals surface area (Å²) >= 11 is 6.35. The molecule has 0 aliphatic heterocycles. The number of hydrogen-bond acceptors (Lipinski definition) is 3. The van der Waals surface area contributed by atoms with E-state index in [2.05, 4.69) is 12.2 Å². The minimum absolute atomic E-state index is 0.0691. The number of carbonyl (C=O) groups excluding carboxylic acids is 1. The molecule has 112 valence electrons. The zero-order valence-electron chi connectivity index (χ0n) is 12.7. The summed E-state index contributed by atoms with van der Waals surface area (Å²) in [6, 6.07) is 6.00. The van der Waals surface area contributed by atoms with Crippen molar-refractivity contribution in [3.8, 4) is 0 Å². The summed E-state index contributed by atoms with van der Waals surface area (Å²) in [4.78, 5) is 15.4. The Kier molecular flexibility index (Phi) is 6.82. The Morgan fingerprint density at radius 1 is 1.30 bits per heavy atom. The van der Waals surface area contributed by atoms with E-state index in [4.69, 9.17) is 11.6 Å². The van der Waals surface area contributed by atoms with Gasteiger partial charge in [0.1, 0.15) is 0 Å². The average molecular weight is 298 g/mol. The molecule has 0 bridgehead atoms. The molecule has 20 heavy (non-hydrogen) atoms. The Balaban J connectivity index is 2.85. The third kappa shape index (κ3) is 4.69. The van der Waals surface area contributed by atoms with Crippen molar-refractivity contribution in [3.63, 3.8) is 0 Å². The second kappa shape index (κ2) is 8.12. The van der Waals surface area contributed by atoms with Crippen molar-refractivity contribution in [2.75, 3.05) is 38.6 Å². The van der Waals surface area contributed by atoms with Crippen molar-refractivity contribution in [2.24, 2.45) is 0 Å².